The van der Waals surface area contributed by atoms with Crippen LogP contribution in [0.5, 0.6) is 0 Å². The smallest absolute Gasteiger partial charge is 0.326 e. The Hall–Kier alpha value is -6.08. The van der Waals surface area contributed by atoms with E-state index in [0.29, 0.717) is 11.1 Å². The highest BCUT2D eigenvalue weighted by Gasteiger charge is 2.33. The number of nitrogens with one attached hydrogen (secondary N) is 5. The molecular weight excluding hydrogens is 728 g/mol. The summed E-state index contributed by atoms with van der Waals surface area (Å²) in [6.07, 6.45) is -0.537. The number of carboxylic acid groups (broad SMARTS) is 1. The van der Waals surface area contributed by atoms with E-state index in [1.54, 1.807) is 74.5 Å². The Kier molecular flexibility index (Phi) is 19.5. The van der Waals surface area contributed by atoms with Crippen molar-refractivity contribution in [2.75, 3.05) is 13.2 Å². The van der Waals surface area contributed by atoms with Crippen molar-refractivity contribution in [2.45, 2.75) is 88.6 Å². The minimum Gasteiger partial charge on any atom is -0.480 e. The zero-order valence-corrected chi connectivity index (χ0v) is 31.5. The third-order valence-corrected chi connectivity index (χ3v) is 8.30. The van der Waals surface area contributed by atoms with E-state index in [2.05, 4.69) is 31.6 Å². The molecule has 0 saturated heterocycles. The normalized spacial score (nSPS) is 14.1. The van der Waals surface area contributed by atoms with Gasteiger partial charge < -0.3 is 59.7 Å². The molecule has 0 aliphatic rings. The summed E-state index contributed by atoms with van der Waals surface area (Å²) in [5, 5.41) is 31.7. The lowest BCUT2D eigenvalue weighted by atomic mass is 9.99. The largest absolute Gasteiger partial charge is 0.480 e. The highest BCUT2D eigenvalue weighted by molar-refractivity contribution is 5.97. The van der Waals surface area contributed by atoms with Crippen LogP contribution in [0.2, 0.25) is 0 Å². The van der Waals surface area contributed by atoms with E-state index in [1.807, 2.05) is 0 Å². The van der Waals surface area contributed by atoms with Crippen molar-refractivity contribution in [3.05, 3.63) is 71.8 Å². The molecule has 2 aromatic carbocycles. The van der Waals surface area contributed by atoms with Gasteiger partial charge in [0.2, 0.25) is 35.4 Å². The van der Waals surface area contributed by atoms with Crippen LogP contribution in [0, 0.1) is 5.92 Å². The van der Waals surface area contributed by atoms with Gasteiger partial charge in [0.15, 0.2) is 5.96 Å². The van der Waals surface area contributed by atoms with Crippen molar-refractivity contribution >= 4 is 47.4 Å². The number of aliphatic carboxylic acids is 1. The second kappa shape index (κ2) is 23.6. The number of primary amides is 1. The molecule has 0 aromatic heterocycles. The van der Waals surface area contributed by atoms with Crippen molar-refractivity contribution < 1.29 is 43.8 Å². The number of nitrogens with zero attached hydrogens (tertiary/aromatic N) is 1. The maximum absolute atomic E-state index is 14.1. The molecule has 0 aliphatic carbocycles. The summed E-state index contributed by atoms with van der Waals surface area (Å²) in [6.45, 7) is 2.99. The molecule has 306 valence electrons. The summed E-state index contributed by atoms with van der Waals surface area (Å²) >= 11 is 0. The fourth-order valence-corrected chi connectivity index (χ4v) is 5.45. The Bertz CT molecular complexity index is 1660. The van der Waals surface area contributed by atoms with E-state index in [0.717, 1.165) is 0 Å². The molecule has 0 radical (unpaired) electrons. The Morgan fingerprint density at radius 3 is 1.52 bits per heavy atom. The summed E-state index contributed by atoms with van der Waals surface area (Å²) < 4.78 is 0. The van der Waals surface area contributed by atoms with Gasteiger partial charge in [-0.05, 0) is 36.3 Å². The van der Waals surface area contributed by atoms with Crippen LogP contribution >= 0.6 is 0 Å². The van der Waals surface area contributed by atoms with E-state index >= 15 is 0 Å². The van der Waals surface area contributed by atoms with E-state index in [-0.39, 0.29) is 50.5 Å². The van der Waals surface area contributed by atoms with E-state index < -0.39 is 90.7 Å². The van der Waals surface area contributed by atoms with Crippen LogP contribution in [0.4, 0.5) is 0 Å². The number of aliphatic imine (C=N–C) groups is 1. The average Bonchev–Trinajstić information content (AvgIpc) is 3.14. The first-order chi connectivity index (χ1) is 26.5. The fourth-order valence-electron chi connectivity index (χ4n) is 5.45. The van der Waals surface area contributed by atoms with Gasteiger partial charge in [0.1, 0.15) is 36.3 Å². The second-order valence-corrected chi connectivity index (χ2v) is 13.6. The first kappa shape index (κ1) is 46.1. The number of rotatable bonds is 24. The SMILES string of the molecule is CC(C)C[C@H](NC(=O)[C@H](Cc1ccccc1)NC(=O)[C@H](Cc1ccccc1)NC(=O)[C@H](N)CO)C(=O)N[C@@H](CCCN=C(N)N)C(=O)N[C@@H](CC(N)=O)C(=O)O. The number of carboxylic acids is 1. The number of hydrogen-bond donors (Lipinski definition) is 11. The number of amides is 6. The van der Waals surface area contributed by atoms with Crippen molar-refractivity contribution in [2.24, 2.45) is 33.8 Å². The van der Waals surface area contributed by atoms with Crippen molar-refractivity contribution in [3.63, 3.8) is 0 Å². The molecule has 6 amide bonds. The maximum Gasteiger partial charge on any atom is 0.326 e. The molecule has 0 fully saturated rings. The standard InChI is InChI=1S/C37H54N10O9/c1-21(2)16-26(33(52)43-25(14-9-15-42-37(40)41)32(51)47-29(36(55)56)19-30(39)49)45-35(54)28(18-23-12-7-4-8-13-23)46-34(53)27(44-31(50)24(38)20-48)17-22-10-5-3-6-11-22/h3-8,10-13,21,24-29,48H,9,14-20,38H2,1-2H3,(H2,39,49)(H,43,52)(H,44,50)(H,45,54)(H,46,53)(H,47,51)(H,55,56)(H4,40,41,42)/t24-,25+,26+,27+,28+,29+/m1/s1. The lowest BCUT2D eigenvalue weighted by Gasteiger charge is -2.28. The molecule has 56 heavy (non-hydrogen) atoms. The first-order valence-electron chi connectivity index (χ1n) is 18.0. The molecule has 19 nitrogen and oxygen atoms in total. The van der Waals surface area contributed by atoms with Gasteiger partial charge in [-0.1, -0.05) is 74.5 Å². The van der Waals surface area contributed by atoms with Gasteiger partial charge in [-0.2, -0.15) is 0 Å². The quantitative estimate of drug-likeness (QED) is 0.0294. The number of benzene rings is 2. The third-order valence-electron chi connectivity index (χ3n) is 8.30. The molecular formula is C37H54N10O9. The molecule has 6 atom stereocenters. The predicted molar refractivity (Wildman–Crippen MR) is 206 cm³/mol. The van der Waals surface area contributed by atoms with Crippen molar-refractivity contribution in [3.8, 4) is 0 Å². The minimum absolute atomic E-state index is 0.0173. The molecule has 0 spiro atoms. The summed E-state index contributed by atoms with van der Waals surface area (Å²) in [6, 6.07) is 9.41. The van der Waals surface area contributed by atoms with Crippen LogP contribution in [0.25, 0.3) is 0 Å². The number of aliphatic hydroxyl groups excluding tert-OH is 1. The highest BCUT2D eigenvalue weighted by Crippen LogP contribution is 2.11. The zero-order chi connectivity index (χ0) is 41.8. The van der Waals surface area contributed by atoms with E-state index in [1.165, 1.54) is 0 Å². The number of carbonyl (C=O) groups excluding carboxylic acids is 6. The van der Waals surface area contributed by atoms with Crippen LogP contribution in [-0.4, -0.2) is 107 Å². The number of hydrogen-bond acceptors (Lipinski definition) is 10. The molecule has 0 aliphatic heterocycles. The lowest BCUT2D eigenvalue weighted by molar-refractivity contribution is -0.143. The Morgan fingerprint density at radius 1 is 0.643 bits per heavy atom. The Balaban J connectivity index is 2.42. The van der Waals surface area contributed by atoms with Crippen molar-refractivity contribution in [1.29, 1.82) is 0 Å². The molecule has 15 N–H and O–H groups in total. The van der Waals surface area contributed by atoms with Crippen LogP contribution in [0.1, 0.15) is 50.7 Å². The van der Waals surface area contributed by atoms with Gasteiger partial charge in [-0.25, -0.2) is 4.79 Å². The molecule has 2 rings (SSSR count). The van der Waals surface area contributed by atoms with Gasteiger partial charge in [0.25, 0.3) is 0 Å². The molecule has 0 unspecified atom stereocenters. The molecule has 0 bridgehead atoms. The Morgan fingerprint density at radius 2 is 1.07 bits per heavy atom. The van der Waals surface area contributed by atoms with Gasteiger partial charge >= 0.3 is 5.97 Å². The maximum atomic E-state index is 14.1. The third kappa shape index (κ3) is 16.9. The van der Waals surface area contributed by atoms with Crippen LogP contribution in [0.15, 0.2) is 65.7 Å². The molecule has 19 heteroatoms. The number of guanidine groups is 1. The predicted octanol–water partition coefficient (Wildman–Crippen LogP) is -2.72. The summed E-state index contributed by atoms with van der Waals surface area (Å²) in [5.74, 6) is -6.91. The molecule has 0 heterocycles. The molecule has 2 aromatic rings. The van der Waals surface area contributed by atoms with Crippen LogP contribution in [0.3, 0.4) is 0 Å². The van der Waals surface area contributed by atoms with Gasteiger partial charge in [-0.3, -0.25) is 33.8 Å². The lowest BCUT2D eigenvalue weighted by Crippen LogP contribution is -2.60. The van der Waals surface area contributed by atoms with Crippen LogP contribution < -0.4 is 49.5 Å². The van der Waals surface area contributed by atoms with Crippen molar-refractivity contribution in [1.82, 2.24) is 26.6 Å². The van der Waals surface area contributed by atoms with Gasteiger partial charge in [0.05, 0.1) is 13.0 Å². The summed E-state index contributed by atoms with van der Waals surface area (Å²) in [4.78, 5) is 94.9. The molecule has 0 saturated carbocycles. The second-order valence-electron chi connectivity index (χ2n) is 13.6. The average molecular weight is 783 g/mol. The van der Waals surface area contributed by atoms with E-state index in [9.17, 15) is 43.8 Å². The zero-order valence-electron chi connectivity index (χ0n) is 31.5. The van der Waals surface area contributed by atoms with Gasteiger partial charge in [-0.15, -0.1) is 0 Å². The number of aliphatic hydroxyl groups is 1. The monoisotopic (exact) mass is 782 g/mol. The minimum atomic E-state index is -1.68. The summed E-state index contributed by atoms with van der Waals surface area (Å²) in [7, 11) is 0. The highest BCUT2D eigenvalue weighted by atomic mass is 16.4. The fraction of sp³-hybridized carbons (Fsp3) is 0.459. The number of carbonyl (C=O) groups is 7. The topological polar surface area (TPSA) is 337 Å². The van der Waals surface area contributed by atoms with Crippen LogP contribution in [-0.2, 0) is 46.4 Å². The number of nitrogens with two attached hydrogens (primary N) is 4. The first-order valence-corrected chi connectivity index (χ1v) is 18.0. The Labute approximate surface area is 324 Å². The van der Waals surface area contributed by atoms with Gasteiger partial charge in [0, 0.05) is 19.4 Å². The van der Waals surface area contributed by atoms with E-state index in [4.69, 9.17) is 22.9 Å². The summed E-state index contributed by atoms with van der Waals surface area (Å²) in [5.41, 5.74) is 23.0.